The fourth-order valence-electron chi connectivity index (χ4n) is 3.05. The Morgan fingerprint density at radius 2 is 1.93 bits per heavy atom. The van der Waals surface area contributed by atoms with Crippen molar-refractivity contribution in [3.63, 3.8) is 0 Å². The van der Waals surface area contributed by atoms with E-state index in [1.807, 2.05) is 0 Å². The van der Waals surface area contributed by atoms with Gasteiger partial charge >= 0.3 is 12.2 Å². The first kappa shape index (κ1) is 20.4. The van der Waals surface area contributed by atoms with Gasteiger partial charge in [-0.1, -0.05) is 35.3 Å². The number of nitrogens with zero attached hydrogens (tertiary/aromatic N) is 1. The predicted octanol–water partition coefficient (Wildman–Crippen LogP) is 3.49. The van der Waals surface area contributed by atoms with E-state index in [0.29, 0.717) is 0 Å². The van der Waals surface area contributed by atoms with E-state index in [-0.39, 0.29) is 21.2 Å². The van der Waals surface area contributed by atoms with Gasteiger partial charge in [0.2, 0.25) is 5.72 Å². The first-order chi connectivity index (χ1) is 13.1. The molecule has 3 N–H and O–H groups in total. The zero-order valence-electron chi connectivity index (χ0n) is 13.8. The first-order valence-corrected chi connectivity index (χ1v) is 8.58. The number of rotatable bonds is 3. The van der Waals surface area contributed by atoms with Crippen LogP contribution in [0, 0.1) is 5.92 Å². The number of benzene rings is 1. The minimum absolute atomic E-state index is 0.00933. The maximum atomic E-state index is 13.8. The summed E-state index contributed by atoms with van der Waals surface area (Å²) in [5, 5.41) is 14.0. The molecule has 1 saturated heterocycles. The summed E-state index contributed by atoms with van der Waals surface area (Å²) in [7, 11) is 0. The van der Waals surface area contributed by atoms with Gasteiger partial charge in [0.25, 0.3) is 0 Å². The lowest BCUT2D eigenvalue weighted by atomic mass is 9.77. The molecule has 148 valence electrons. The first-order valence-electron chi connectivity index (χ1n) is 7.82. The molecule has 0 bridgehead atoms. The number of pyridine rings is 1. The quantitative estimate of drug-likeness (QED) is 0.646. The van der Waals surface area contributed by atoms with E-state index in [1.165, 1.54) is 41.8 Å². The van der Waals surface area contributed by atoms with Crippen LogP contribution in [0.5, 0.6) is 0 Å². The van der Waals surface area contributed by atoms with Gasteiger partial charge in [-0.3, -0.25) is 9.78 Å². The van der Waals surface area contributed by atoms with Crippen LogP contribution in [0.2, 0.25) is 10.0 Å². The third kappa shape index (κ3) is 3.41. The Labute approximate surface area is 166 Å². The third-order valence-corrected chi connectivity index (χ3v) is 5.18. The standard InChI is InChI=1S/C17H12Cl2F3N3O3/c18-10-5-1-4-9(12(10)19)13-11(14(26)8-3-2-6-23-7-8)16(28,17(20,21)22)25-15(27)24-13/h1-7,11,13,28H,(H2,24,25,27)/t11-,13+,16-/m1/s1. The molecular weight excluding hydrogens is 422 g/mol. The number of amides is 2. The van der Waals surface area contributed by atoms with Crippen molar-refractivity contribution in [2.75, 3.05) is 0 Å². The predicted molar refractivity (Wildman–Crippen MR) is 93.9 cm³/mol. The van der Waals surface area contributed by atoms with Gasteiger partial charge < -0.3 is 15.7 Å². The Balaban J connectivity index is 2.22. The number of ketones is 1. The van der Waals surface area contributed by atoms with E-state index in [0.717, 1.165) is 6.20 Å². The van der Waals surface area contributed by atoms with Crippen molar-refractivity contribution in [1.82, 2.24) is 15.6 Å². The molecule has 3 atom stereocenters. The van der Waals surface area contributed by atoms with Crippen LogP contribution in [0.15, 0.2) is 42.7 Å². The van der Waals surface area contributed by atoms with Gasteiger partial charge in [0.15, 0.2) is 5.78 Å². The molecule has 2 aromatic rings. The van der Waals surface area contributed by atoms with Crippen molar-refractivity contribution >= 4 is 35.0 Å². The number of Topliss-reactive ketones (excluding diaryl/α,β-unsaturated/α-hetero) is 1. The number of aromatic nitrogens is 1. The number of alkyl halides is 3. The summed E-state index contributed by atoms with van der Waals surface area (Å²) in [6.45, 7) is 0. The molecule has 28 heavy (non-hydrogen) atoms. The van der Waals surface area contributed by atoms with Crippen molar-refractivity contribution in [2.45, 2.75) is 17.9 Å². The summed E-state index contributed by atoms with van der Waals surface area (Å²) < 4.78 is 41.3. The topological polar surface area (TPSA) is 91.3 Å². The largest absolute Gasteiger partial charge is 0.437 e. The van der Waals surface area contributed by atoms with E-state index in [9.17, 15) is 27.9 Å². The van der Waals surface area contributed by atoms with Crippen LogP contribution in [0.1, 0.15) is 22.0 Å². The average Bonchev–Trinajstić information content (AvgIpc) is 2.63. The Bertz CT molecular complexity index is 927. The van der Waals surface area contributed by atoms with Crippen LogP contribution < -0.4 is 10.6 Å². The maximum Gasteiger partial charge on any atom is 0.437 e. The molecule has 2 amide bonds. The van der Waals surface area contributed by atoms with E-state index >= 15 is 0 Å². The summed E-state index contributed by atoms with van der Waals surface area (Å²) in [6.07, 6.45) is -2.97. The lowest BCUT2D eigenvalue weighted by molar-refractivity contribution is -0.287. The van der Waals surface area contributed by atoms with Gasteiger partial charge in [-0.05, 0) is 23.8 Å². The molecule has 1 aliphatic rings. The Kier molecular flexibility index (Phi) is 5.26. The summed E-state index contributed by atoms with van der Waals surface area (Å²) in [5.41, 5.74) is -4.08. The number of nitrogens with one attached hydrogen (secondary N) is 2. The molecule has 1 aliphatic heterocycles. The monoisotopic (exact) mass is 433 g/mol. The highest BCUT2D eigenvalue weighted by atomic mass is 35.5. The van der Waals surface area contributed by atoms with Gasteiger partial charge in [-0.2, -0.15) is 13.2 Å². The van der Waals surface area contributed by atoms with Crippen LogP contribution in [0.4, 0.5) is 18.0 Å². The number of carbonyl (C=O) groups is 2. The molecule has 11 heteroatoms. The van der Waals surface area contributed by atoms with Crippen molar-refractivity contribution in [2.24, 2.45) is 5.92 Å². The summed E-state index contributed by atoms with van der Waals surface area (Å²) in [5.74, 6) is -3.30. The van der Waals surface area contributed by atoms with Gasteiger partial charge in [0.1, 0.15) is 5.92 Å². The molecule has 3 rings (SSSR count). The zero-order chi connectivity index (χ0) is 20.7. The number of hydrogen-bond donors (Lipinski definition) is 3. The van der Waals surface area contributed by atoms with Gasteiger partial charge in [-0.25, -0.2) is 4.79 Å². The molecule has 0 aliphatic carbocycles. The van der Waals surface area contributed by atoms with E-state index in [2.05, 4.69) is 10.3 Å². The molecule has 0 unspecified atom stereocenters. The van der Waals surface area contributed by atoms with E-state index in [1.54, 1.807) is 0 Å². The molecular formula is C17H12Cl2F3N3O3. The smallest absolute Gasteiger partial charge is 0.363 e. The molecule has 1 aromatic heterocycles. The molecule has 0 radical (unpaired) electrons. The second-order valence-electron chi connectivity index (χ2n) is 6.07. The fourth-order valence-corrected chi connectivity index (χ4v) is 3.47. The van der Waals surface area contributed by atoms with Crippen molar-refractivity contribution in [3.05, 3.63) is 63.9 Å². The molecule has 1 fully saturated rings. The highest BCUT2D eigenvalue weighted by molar-refractivity contribution is 6.42. The Morgan fingerprint density at radius 1 is 1.21 bits per heavy atom. The van der Waals surface area contributed by atoms with Crippen molar-refractivity contribution < 1.29 is 27.9 Å². The normalized spacial score (nSPS) is 25.0. The van der Waals surface area contributed by atoms with Crippen LogP contribution in [-0.4, -0.2) is 33.8 Å². The molecule has 0 spiro atoms. The summed E-state index contributed by atoms with van der Waals surface area (Å²) in [4.78, 5) is 28.6. The highest BCUT2D eigenvalue weighted by Gasteiger charge is 2.66. The lowest BCUT2D eigenvalue weighted by Crippen LogP contribution is -2.72. The van der Waals surface area contributed by atoms with Crippen LogP contribution >= 0.6 is 23.2 Å². The van der Waals surface area contributed by atoms with E-state index in [4.69, 9.17) is 23.2 Å². The second kappa shape index (κ2) is 7.23. The summed E-state index contributed by atoms with van der Waals surface area (Å²) >= 11 is 12.0. The zero-order valence-corrected chi connectivity index (χ0v) is 15.3. The van der Waals surface area contributed by atoms with Gasteiger partial charge in [-0.15, -0.1) is 0 Å². The fraction of sp³-hybridized carbons (Fsp3) is 0.235. The number of aliphatic hydroxyl groups is 1. The summed E-state index contributed by atoms with van der Waals surface area (Å²) in [6, 6.07) is 3.77. The SMILES string of the molecule is O=C1N[C@@H](c2cccc(Cl)c2Cl)[C@H](C(=O)c2cccnc2)[C@@](O)(C(F)(F)F)N1. The Morgan fingerprint density at radius 3 is 2.54 bits per heavy atom. The van der Waals surface area contributed by atoms with Gasteiger partial charge in [0, 0.05) is 18.0 Å². The lowest BCUT2D eigenvalue weighted by Gasteiger charge is -2.45. The van der Waals surface area contributed by atoms with Crippen molar-refractivity contribution in [1.29, 1.82) is 0 Å². The molecule has 0 saturated carbocycles. The molecule has 6 nitrogen and oxygen atoms in total. The second-order valence-corrected chi connectivity index (χ2v) is 6.85. The van der Waals surface area contributed by atoms with Gasteiger partial charge in [0.05, 0.1) is 16.1 Å². The number of halogens is 5. The minimum atomic E-state index is -5.36. The van der Waals surface area contributed by atoms with Crippen LogP contribution in [0.3, 0.4) is 0 Å². The Hall–Kier alpha value is -2.36. The van der Waals surface area contributed by atoms with E-state index < -0.39 is 35.7 Å². The van der Waals surface area contributed by atoms with Crippen molar-refractivity contribution in [3.8, 4) is 0 Å². The highest BCUT2D eigenvalue weighted by Crippen LogP contribution is 2.45. The van der Waals surface area contributed by atoms with Crippen LogP contribution in [-0.2, 0) is 0 Å². The number of hydrogen-bond acceptors (Lipinski definition) is 4. The minimum Gasteiger partial charge on any atom is -0.363 e. The third-order valence-electron chi connectivity index (χ3n) is 4.35. The number of carbonyl (C=O) groups excluding carboxylic acids is 2. The number of urea groups is 1. The average molecular weight is 434 g/mol. The van der Waals surface area contributed by atoms with Crippen LogP contribution in [0.25, 0.3) is 0 Å². The molecule has 1 aromatic carbocycles. The molecule has 2 heterocycles. The maximum absolute atomic E-state index is 13.8.